The number of hydrogen-bond acceptors (Lipinski definition) is 4. The van der Waals surface area contributed by atoms with Crippen LogP contribution in [0.4, 0.5) is 0 Å². The maximum Gasteiger partial charge on any atom is 0.323 e. The second-order valence-electron chi connectivity index (χ2n) is 5.32. The van der Waals surface area contributed by atoms with Crippen LogP contribution in [0.3, 0.4) is 0 Å². The van der Waals surface area contributed by atoms with Crippen LogP contribution < -0.4 is 5.73 Å². The highest BCUT2D eigenvalue weighted by Gasteiger charge is 2.27. The van der Waals surface area contributed by atoms with Crippen LogP contribution in [0, 0.1) is 0 Å². The molecule has 1 rings (SSSR count). The van der Waals surface area contributed by atoms with Crippen molar-refractivity contribution in [2.24, 2.45) is 5.73 Å². The van der Waals surface area contributed by atoms with E-state index in [-0.39, 0.29) is 0 Å². The van der Waals surface area contributed by atoms with E-state index in [2.05, 4.69) is 4.90 Å². The van der Waals surface area contributed by atoms with E-state index in [0.29, 0.717) is 12.5 Å². The highest BCUT2D eigenvalue weighted by molar-refractivity contribution is 5.77. The number of carboxylic acid groups (broad SMARTS) is 1. The van der Waals surface area contributed by atoms with E-state index in [1.165, 1.54) is 0 Å². The van der Waals surface area contributed by atoms with E-state index in [1.54, 1.807) is 6.92 Å². The third kappa shape index (κ3) is 4.92. The molecule has 3 N–H and O–H groups in total. The Kier molecular flexibility index (Phi) is 6.05. The van der Waals surface area contributed by atoms with Crippen molar-refractivity contribution in [2.45, 2.75) is 51.2 Å². The number of carboxylic acids is 1. The molecule has 0 spiro atoms. The van der Waals surface area contributed by atoms with Gasteiger partial charge in [-0.15, -0.1) is 0 Å². The molecule has 106 valence electrons. The van der Waals surface area contributed by atoms with Crippen LogP contribution in [0.1, 0.15) is 39.5 Å². The van der Waals surface area contributed by atoms with Gasteiger partial charge >= 0.3 is 5.97 Å². The monoisotopic (exact) mass is 258 g/mol. The molecule has 1 unspecified atom stereocenters. The van der Waals surface area contributed by atoms with Crippen LogP contribution in [-0.4, -0.2) is 53.9 Å². The van der Waals surface area contributed by atoms with Gasteiger partial charge in [0.1, 0.15) is 5.54 Å². The number of hydrogen-bond donors (Lipinski definition) is 2. The Morgan fingerprint density at radius 1 is 1.50 bits per heavy atom. The zero-order valence-corrected chi connectivity index (χ0v) is 11.5. The summed E-state index contributed by atoms with van der Waals surface area (Å²) in [4.78, 5) is 13.2. The summed E-state index contributed by atoms with van der Waals surface area (Å²) in [6.45, 7) is 7.41. The second-order valence-corrected chi connectivity index (χ2v) is 5.32. The Balaban J connectivity index is 2.16. The predicted molar refractivity (Wildman–Crippen MR) is 70.6 cm³/mol. The molecule has 0 radical (unpaired) electrons. The Hall–Kier alpha value is -0.650. The van der Waals surface area contributed by atoms with Crippen molar-refractivity contribution < 1.29 is 14.6 Å². The Labute approximate surface area is 109 Å². The normalized spacial score (nSPS) is 21.7. The van der Waals surface area contributed by atoms with Gasteiger partial charge in [-0.05, 0) is 46.1 Å². The van der Waals surface area contributed by atoms with Crippen LogP contribution in [0.5, 0.6) is 0 Å². The maximum absolute atomic E-state index is 10.9. The topological polar surface area (TPSA) is 75.8 Å². The minimum Gasteiger partial charge on any atom is -0.480 e. The summed E-state index contributed by atoms with van der Waals surface area (Å²) in [6.07, 6.45) is 3.91. The lowest BCUT2D eigenvalue weighted by Crippen LogP contribution is -2.45. The lowest BCUT2D eigenvalue weighted by molar-refractivity contribution is -0.142. The molecule has 5 heteroatoms. The van der Waals surface area contributed by atoms with E-state index >= 15 is 0 Å². The van der Waals surface area contributed by atoms with Crippen molar-refractivity contribution in [1.82, 2.24) is 4.90 Å². The molecule has 0 aromatic rings. The third-order valence-electron chi connectivity index (χ3n) is 3.60. The molecule has 1 fully saturated rings. The van der Waals surface area contributed by atoms with Crippen molar-refractivity contribution in [3.05, 3.63) is 0 Å². The van der Waals surface area contributed by atoms with Gasteiger partial charge in [0, 0.05) is 19.7 Å². The van der Waals surface area contributed by atoms with Crippen molar-refractivity contribution in [1.29, 1.82) is 0 Å². The summed E-state index contributed by atoms with van der Waals surface area (Å²) in [5, 5.41) is 8.92. The Morgan fingerprint density at radius 2 is 2.11 bits per heavy atom. The number of nitrogens with two attached hydrogens (primary N) is 1. The van der Waals surface area contributed by atoms with E-state index in [4.69, 9.17) is 15.6 Å². The molecule has 0 aromatic carbocycles. The van der Waals surface area contributed by atoms with Gasteiger partial charge in [0.05, 0.1) is 6.10 Å². The quantitative estimate of drug-likeness (QED) is 0.714. The largest absolute Gasteiger partial charge is 0.480 e. The van der Waals surface area contributed by atoms with Gasteiger partial charge in [0.15, 0.2) is 0 Å². The molecule has 0 saturated carbocycles. The lowest BCUT2D eigenvalue weighted by Gasteiger charge is -2.32. The molecular formula is C13H26N2O3. The van der Waals surface area contributed by atoms with Crippen LogP contribution >= 0.6 is 0 Å². The number of ether oxygens (including phenoxy) is 1. The number of aliphatic carboxylic acids is 1. The molecule has 18 heavy (non-hydrogen) atoms. The molecule has 0 amide bonds. The first-order valence-electron chi connectivity index (χ1n) is 6.82. The zero-order chi connectivity index (χ0) is 13.6. The average Bonchev–Trinajstić information content (AvgIpc) is 2.31. The van der Waals surface area contributed by atoms with Gasteiger partial charge in [0.25, 0.3) is 0 Å². The average molecular weight is 258 g/mol. The molecule has 0 bridgehead atoms. The maximum atomic E-state index is 10.9. The molecule has 1 atom stereocenters. The fourth-order valence-electron chi connectivity index (χ4n) is 2.31. The van der Waals surface area contributed by atoms with Gasteiger partial charge in [-0.25, -0.2) is 0 Å². The minimum atomic E-state index is -1.09. The van der Waals surface area contributed by atoms with Crippen molar-refractivity contribution in [3.63, 3.8) is 0 Å². The van der Waals surface area contributed by atoms with Crippen molar-refractivity contribution in [3.8, 4) is 0 Å². The summed E-state index contributed by atoms with van der Waals surface area (Å²) in [5.74, 6) is -0.919. The second kappa shape index (κ2) is 7.07. The van der Waals surface area contributed by atoms with Crippen LogP contribution in [0.25, 0.3) is 0 Å². The SMILES string of the molecule is CCOC1CCN(CCCC(C)(N)C(=O)O)CC1. The van der Waals surface area contributed by atoms with Crippen molar-refractivity contribution in [2.75, 3.05) is 26.2 Å². The minimum absolute atomic E-state index is 0.407. The first kappa shape index (κ1) is 15.4. The van der Waals surface area contributed by atoms with Crippen molar-refractivity contribution >= 4 is 5.97 Å². The van der Waals surface area contributed by atoms with Gasteiger partial charge in [0.2, 0.25) is 0 Å². The number of likely N-dealkylation sites (tertiary alicyclic amines) is 1. The summed E-state index contributed by atoms with van der Waals surface area (Å²) < 4.78 is 5.60. The molecule has 1 heterocycles. The molecule has 5 nitrogen and oxygen atoms in total. The molecule has 0 aliphatic carbocycles. The number of carbonyl (C=O) groups is 1. The third-order valence-corrected chi connectivity index (χ3v) is 3.60. The highest BCUT2D eigenvalue weighted by atomic mass is 16.5. The van der Waals surface area contributed by atoms with Crippen LogP contribution in [0.15, 0.2) is 0 Å². The van der Waals surface area contributed by atoms with E-state index in [0.717, 1.165) is 45.5 Å². The summed E-state index contributed by atoms with van der Waals surface area (Å²) in [7, 11) is 0. The standard InChI is InChI=1S/C13H26N2O3/c1-3-18-11-5-9-15(10-6-11)8-4-7-13(2,14)12(16)17/h11H,3-10,14H2,1-2H3,(H,16,17). The zero-order valence-electron chi connectivity index (χ0n) is 11.5. The molecule has 1 saturated heterocycles. The molecular weight excluding hydrogens is 232 g/mol. The fourth-order valence-corrected chi connectivity index (χ4v) is 2.31. The lowest BCUT2D eigenvalue weighted by atomic mass is 9.97. The first-order chi connectivity index (χ1) is 8.45. The summed E-state index contributed by atoms with van der Waals surface area (Å²) in [5.41, 5.74) is 4.61. The van der Waals surface area contributed by atoms with Gasteiger partial charge in [-0.2, -0.15) is 0 Å². The molecule has 1 aliphatic rings. The summed E-state index contributed by atoms with van der Waals surface area (Å²) in [6, 6.07) is 0. The van der Waals surface area contributed by atoms with Crippen LogP contribution in [0.2, 0.25) is 0 Å². The highest BCUT2D eigenvalue weighted by Crippen LogP contribution is 2.15. The van der Waals surface area contributed by atoms with E-state index < -0.39 is 11.5 Å². The van der Waals surface area contributed by atoms with E-state index in [9.17, 15) is 4.79 Å². The Bertz CT molecular complexity index is 261. The van der Waals surface area contributed by atoms with E-state index in [1.807, 2.05) is 6.92 Å². The Morgan fingerprint density at radius 3 is 2.61 bits per heavy atom. The van der Waals surface area contributed by atoms with Gasteiger partial charge in [-0.1, -0.05) is 0 Å². The smallest absolute Gasteiger partial charge is 0.323 e. The van der Waals surface area contributed by atoms with Gasteiger partial charge < -0.3 is 20.5 Å². The number of rotatable bonds is 7. The van der Waals surface area contributed by atoms with Crippen LogP contribution in [-0.2, 0) is 9.53 Å². The number of piperidine rings is 1. The molecule has 0 aromatic heterocycles. The predicted octanol–water partition coefficient (Wildman–Crippen LogP) is 1.07. The fraction of sp³-hybridized carbons (Fsp3) is 0.923. The number of nitrogens with zero attached hydrogens (tertiary/aromatic N) is 1. The summed E-state index contributed by atoms with van der Waals surface area (Å²) >= 11 is 0. The molecule has 1 aliphatic heterocycles. The van der Waals surface area contributed by atoms with Gasteiger partial charge in [-0.3, -0.25) is 4.79 Å². The first-order valence-corrected chi connectivity index (χ1v) is 6.82.